The molecule has 3 atom stereocenters. The van der Waals surface area contributed by atoms with Crippen LogP contribution in [0, 0.1) is 0 Å². The molecule has 1 aromatic rings. The predicted molar refractivity (Wildman–Crippen MR) is 90.6 cm³/mol. The van der Waals surface area contributed by atoms with Crippen molar-refractivity contribution in [3.63, 3.8) is 0 Å². The van der Waals surface area contributed by atoms with Crippen LogP contribution in [-0.2, 0) is 0 Å². The highest BCUT2D eigenvalue weighted by atomic mass is 15.3. The Balaban J connectivity index is 2.17. The second-order valence-corrected chi connectivity index (χ2v) is 6.33. The summed E-state index contributed by atoms with van der Waals surface area (Å²) < 4.78 is 0. The standard InChI is InChI=1S/C18H31N3/c1-5-17-14-20(4)12-9-13-21(17)15(2)18(19-3)16-10-7-6-8-11-16/h6-8,10-11,15,17-19H,5,9,12-14H2,1-4H3. The van der Waals surface area contributed by atoms with Gasteiger partial charge in [-0.2, -0.15) is 0 Å². The molecule has 0 spiro atoms. The first-order valence-electron chi connectivity index (χ1n) is 8.33. The van der Waals surface area contributed by atoms with Crippen LogP contribution in [0.1, 0.15) is 38.3 Å². The molecule has 0 bridgehead atoms. The molecule has 0 amide bonds. The minimum Gasteiger partial charge on any atom is -0.312 e. The number of likely N-dealkylation sites (N-methyl/N-ethyl adjacent to an activating group) is 2. The first-order valence-corrected chi connectivity index (χ1v) is 8.33. The second kappa shape index (κ2) is 7.92. The van der Waals surface area contributed by atoms with Gasteiger partial charge in [-0.3, -0.25) is 4.90 Å². The van der Waals surface area contributed by atoms with Crippen LogP contribution < -0.4 is 5.32 Å². The van der Waals surface area contributed by atoms with Crippen molar-refractivity contribution in [3.8, 4) is 0 Å². The van der Waals surface area contributed by atoms with Crippen LogP contribution in [0.2, 0.25) is 0 Å². The summed E-state index contributed by atoms with van der Waals surface area (Å²) in [6, 6.07) is 12.4. The maximum atomic E-state index is 3.54. The largest absolute Gasteiger partial charge is 0.312 e. The molecule has 2 rings (SSSR count). The molecule has 1 saturated heterocycles. The molecule has 0 radical (unpaired) electrons. The van der Waals surface area contributed by atoms with Gasteiger partial charge in [-0.15, -0.1) is 0 Å². The summed E-state index contributed by atoms with van der Waals surface area (Å²) in [6.45, 7) is 8.30. The van der Waals surface area contributed by atoms with E-state index in [-0.39, 0.29) is 0 Å². The summed E-state index contributed by atoms with van der Waals surface area (Å²) in [7, 11) is 4.34. The summed E-state index contributed by atoms with van der Waals surface area (Å²) >= 11 is 0. The second-order valence-electron chi connectivity index (χ2n) is 6.33. The van der Waals surface area contributed by atoms with Crippen LogP contribution in [0.15, 0.2) is 30.3 Å². The predicted octanol–water partition coefficient (Wildman–Crippen LogP) is 2.75. The Hall–Kier alpha value is -0.900. The van der Waals surface area contributed by atoms with Gasteiger partial charge in [-0.25, -0.2) is 0 Å². The fourth-order valence-electron chi connectivity index (χ4n) is 3.70. The summed E-state index contributed by atoms with van der Waals surface area (Å²) in [5, 5.41) is 3.54. The van der Waals surface area contributed by atoms with Gasteiger partial charge in [0.05, 0.1) is 0 Å². The molecule has 0 aromatic heterocycles. The molecule has 1 heterocycles. The van der Waals surface area contributed by atoms with E-state index in [9.17, 15) is 0 Å². The Morgan fingerprint density at radius 1 is 1.24 bits per heavy atom. The normalized spacial score (nSPS) is 24.5. The van der Waals surface area contributed by atoms with E-state index in [0.29, 0.717) is 18.1 Å². The van der Waals surface area contributed by atoms with E-state index in [2.05, 4.69) is 73.4 Å². The third-order valence-corrected chi connectivity index (χ3v) is 4.89. The van der Waals surface area contributed by atoms with Crippen molar-refractivity contribution in [3.05, 3.63) is 35.9 Å². The van der Waals surface area contributed by atoms with Gasteiger partial charge in [0.15, 0.2) is 0 Å². The number of nitrogens with one attached hydrogen (secondary N) is 1. The SMILES string of the molecule is CCC1CN(C)CCCN1C(C)C(NC)c1ccccc1. The van der Waals surface area contributed by atoms with Gasteiger partial charge < -0.3 is 10.2 Å². The number of hydrogen-bond acceptors (Lipinski definition) is 3. The lowest BCUT2D eigenvalue weighted by atomic mass is 9.97. The van der Waals surface area contributed by atoms with Crippen molar-refractivity contribution in [2.45, 2.75) is 44.8 Å². The Morgan fingerprint density at radius 2 is 1.95 bits per heavy atom. The Kier molecular flexibility index (Phi) is 6.22. The summed E-state index contributed by atoms with van der Waals surface area (Å²) in [6.07, 6.45) is 2.49. The van der Waals surface area contributed by atoms with E-state index in [1.807, 2.05) is 0 Å². The van der Waals surface area contributed by atoms with E-state index in [1.54, 1.807) is 0 Å². The fraction of sp³-hybridized carbons (Fsp3) is 0.667. The van der Waals surface area contributed by atoms with Crippen LogP contribution in [0.3, 0.4) is 0 Å². The summed E-state index contributed by atoms with van der Waals surface area (Å²) in [5.41, 5.74) is 1.39. The zero-order valence-electron chi connectivity index (χ0n) is 14.0. The molecule has 3 nitrogen and oxygen atoms in total. The molecule has 1 aliphatic heterocycles. The van der Waals surface area contributed by atoms with E-state index in [1.165, 1.54) is 38.0 Å². The minimum absolute atomic E-state index is 0.392. The zero-order chi connectivity index (χ0) is 15.2. The van der Waals surface area contributed by atoms with Gasteiger partial charge >= 0.3 is 0 Å². The zero-order valence-corrected chi connectivity index (χ0v) is 14.0. The quantitative estimate of drug-likeness (QED) is 0.899. The molecule has 3 heteroatoms. The molecule has 21 heavy (non-hydrogen) atoms. The molecule has 118 valence electrons. The van der Waals surface area contributed by atoms with E-state index >= 15 is 0 Å². The average molecular weight is 289 g/mol. The highest BCUT2D eigenvalue weighted by Gasteiger charge is 2.30. The summed E-state index contributed by atoms with van der Waals surface area (Å²) in [4.78, 5) is 5.20. The van der Waals surface area contributed by atoms with Gasteiger partial charge in [0, 0.05) is 31.2 Å². The lowest BCUT2D eigenvalue weighted by molar-refractivity contribution is 0.113. The maximum Gasteiger partial charge on any atom is 0.0473 e. The molecule has 1 fully saturated rings. The molecule has 1 aliphatic rings. The van der Waals surface area contributed by atoms with Crippen molar-refractivity contribution >= 4 is 0 Å². The van der Waals surface area contributed by atoms with Crippen molar-refractivity contribution in [1.29, 1.82) is 0 Å². The monoisotopic (exact) mass is 289 g/mol. The van der Waals surface area contributed by atoms with E-state index < -0.39 is 0 Å². The molecule has 3 unspecified atom stereocenters. The number of benzene rings is 1. The molecule has 0 saturated carbocycles. The number of nitrogens with zero attached hydrogens (tertiary/aromatic N) is 2. The number of rotatable bonds is 5. The highest BCUT2D eigenvalue weighted by Crippen LogP contribution is 2.25. The first kappa shape index (κ1) is 16.5. The smallest absolute Gasteiger partial charge is 0.0473 e. The lowest BCUT2D eigenvalue weighted by Gasteiger charge is -2.39. The minimum atomic E-state index is 0.392. The van der Waals surface area contributed by atoms with Gasteiger partial charge in [0.1, 0.15) is 0 Å². The van der Waals surface area contributed by atoms with Crippen LogP contribution in [0.5, 0.6) is 0 Å². The van der Waals surface area contributed by atoms with Crippen molar-refractivity contribution in [2.75, 3.05) is 33.7 Å². The third kappa shape index (κ3) is 4.06. The van der Waals surface area contributed by atoms with Crippen LogP contribution in [0.25, 0.3) is 0 Å². The average Bonchev–Trinajstić information content (AvgIpc) is 2.70. The van der Waals surface area contributed by atoms with Crippen LogP contribution in [0.4, 0.5) is 0 Å². The van der Waals surface area contributed by atoms with Gasteiger partial charge in [-0.05, 0) is 46.0 Å². The first-order chi connectivity index (χ1) is 10.2. The lowest BCUT2D eigenvalue weighted by Crippen LogP contribution is -2.49. The van der Waals surface area contributed by atoms with Crippen LogP contribution >= 0.6 is 0 Å². The molecule has 0 aliphatic carbocycles. The highest BCUT2D eigenvalue weighted by molar-refractivity contribution is 5.20. The third-order valence-electron chi connectivity index (χ3n) is 4.89. The summed E-state index contributed by atoms with van der Waals surface area (Å²) in [5.74, 6) is 0. The van der Waals surface area contributed by atoms with Gasteiger partial charge in [0.2, 0.25) is 0 Å². The topological polar surface area (TPSA) is 18.5 Å². The van der Waals surface area contributed by atoms with E-state index in [4.69, 9.17) is 0 Å². The van der Waals surface area contributed by atoms with Crippen molar-refractivity contribution in [1.82, 2.24) is 15.1 Å². The molecular formula is C18H31N3. The van der Waals surface area contributed by atoms with Crippen molar-refractivity contribution in [2.24, 2.45) is 0 Å². The van der Waals surface area contributed by atoms with Crippen molar-refractivity contribution < 1.29 is 0 Å². The van der Waals surface area contributed by atoms with Gasteiger partial charge in [-0.1, -0.05) is 37.3 Å². The number of hydrogen-bond donors (Lipinski definition) is 1. The van der Waals surface area contributed by atoms with Crippen LogP contribution in [-0.4, -0.2) is 55.6 Å². The van der Waals surface area contributed by atoms with E-state index in [0.717, 1.165) is 0 Å². The molecule has 1 N–H and O–H groups in total. The van der Waals surface area contributed by atoms with Gasteiger partial charge in [0.25, 0.3) is 0 Å². The molecular weight excluding hydrogens is 258 g/mol. The Morgan fingerprint density at radius 3 is 2.57 bits per heavy atom. The Labute approximate surface area is 130 Å². The molecule has 1 aromatic carbocycles. The Bertz CT molecular complexity index is 406. The maximum absolute atomic E-state index is 3.54. The fourth-order valence-corrected chi connectivity index (χ4v) is 3.70.